The summed E-state index contributed by atoms with van der Waals surface area (Å²) >= 11 is 0. The molecule has 0 aliphatic carbocycles. The zero-order chi connectivity index (χ0) is 16.9. The van der Waals surface area contributed by atoms with Gasteiger partial charge in [0.15, 0.2) is 0 Å². The largest absolute Gasteiger partial charge is 0.422 e. The summed E-state index contributed by atoms with van der Waals surface area (Å²) in [4.78, 5) is 28.2. The Balaban J connectivity index is 2.07. The highest BCUT2D eigenvalue weighted by Gasteiger charge is 2.14. The molecule has 0 atom stereocenters. The average molecular weight is 321 g/mol. The number of para-hydroxylation sites is 1. The van der Waals surface area contributed by atoms with Crippen LogP contribution in [-0.4, -0.2) is 11.7 Å². The first kappa shape index (κ1) is 15.7. The molecule has 0 radical (unpaired) electrons. The number of fused-ring (bicyclic) bond motifs is 1. The molecule has 0 aliphatic heterocycles. The Bertz CT molecular complexity index is 958. The molecular formula is C19H15NO4. The van der Waals surface area contributed by atoms with Crippen LogP contribution in [0.4, 0.5) is 0 Å². The SMILES string of the molecule is CC(=O)O/N=C(\Cc1ccccc1)c1cc2ccccc2oc1=O. The lowest BCUT2D eigenvalue weighted by molar-refractivity contribution is -0.140. The second-order valence-corrected chi connectivity index (χ2v) is 5.27. The van der Waals surface area contributed by atoms with E-state index in [4.69, 9.17) is 9.25 Å². The van der Waals surface area contributed by atoms with Crippen LogP contribution in [0.5, 0.6) is 0 Å². The third kappa shape index (κ3) is 3.57. The van der Waals surface area contributed by atoms with E-state index < -0.39 is 11.6 Å². The van der Waals surface area contributed by atoms with Gasteiger partial charge in [0, 0.05) is 18.7 Å². The molecule has 5 nitrogen and oxygen atoms in total. The Morgan fingerprint density at radius 2 is 1.79 bits per heavy atom. The van der Waals surface area contributed by atoms with Gasteiger partial charge >= 0.3 is 11.6 Å². The van der Waals surface area contributed by atoms with Crippen LogP contribution in [0.3, 0.4) is 0 Å². The van der Waals surface area contributed by atoms with Crippen molar-refractivity contribution in [2.45, 2.75) is 13.3 Å². The second-order valence-electron chi connectivity index (χ2n) is 5.27. The fourth-order valence-electron chi connectivity index (χ4n) is 2.35. The van der Waals surface area contributed by atoms with Crippen LogP contribution in [-0.2, 0) is 16.1 Å². The number of carbonyl (C=O) groups excluding carboxylic acids is 1. The standard InChI is InChI=1S/C19H15NO4/c1-13(21)24-20-17(11-14-7-3-2-4-8-14)16-12-15-9-5-6-10-18(15)23-19(16)22/h2-10,12H,11H2,1H3/b20-17+. The maximum absolute atomic E-state index is 12.3. The molecule has 0 unspecified atom stereocenters. The molecule has 0 N–H and O–H groups in total. The Hall–Kier alpha value is -3.21. The van der Waals surface area contributed by atoms with Crippen LogP contribution in [0, 0.1) is 0 Å². The molecule has 0 spiro atoms. The molecular weight excluding hydrogens is 306 g/mol. The molecule has 0 saturated carbocycles. The summed E-state index contributed by atoms with van der Waals surface area (Å²) in [6.45, 7) is 1.26. The van der Waals surface area contributed by atoms with Gasteiger partial charge in [-0.2, -0.15) is 0 Å². The Kier molecular flexibility index (Phi) is 4.52. The van der Waals surface area contributed by atoms with Crippen molar-refractivity contribution in [1.29, 1.82) is 0 Å². The van der Waals surface area contributed by atoms with Crippen molar-refractivity contribution in [2.75, 3.05) is 0 Å². The Morgan fingerprint density at radius 1 is 1.08 bits per heavy atom. The minimum absolute atomic E-state index is 0.277. The van der Waals surface area contributed by atoms with Crippen molar-refractivity contribution in [3.63, 3.8) is 0 Å². The number of hydrogen-bond donors (Lipinski definition) is 0. The van der Waals surface area contributed by atoms with Crippen molar-refractivity contribution in [1.82, 2.24) is 0 Å². The van der Waals surface area contributed by atoms with Gasteiger partial charge in [-0.25, -0.2) is 9.59 Å². The lowest BCUT2D eigenvalue weighted by Gasteiger charge is -2.06. The van der Waals surface area contributed by atoms with Crippen LogP contribution >= 0.6 is 0 Å². The van der Waals surface area contributed by atoms with E-state index >= 15 is 0 Å². The first-order valence-corrected chi connectivity index (χ1v) is 7.45. The maximum atomic E-state index is 12.3. The Labute approximate surface area is 138 Å². The predicted molar refractivity (Wildman–Crippen MR) is 90.9 cm³/mol. The van der Waals surface area contributed by atoms with Gasteiger partial charge in [-0.15, -0.1) is 0 Å². The van der Waals surface area contributed by atoms with Gasteiger partial charge in [-0.3, -0.25) is 0 Å². The summed E-state index contributed by atoms with van der Waals surface area (Å²) < 4.78 is 5.34. The third-order valence-corrected chi connectivity index (χ3v) is 3.45. The molecule has 120 valence electrons. The van der Waals surface area contributed by atoms with Gasteiger partial charge in [0.05, 0.1) is 11.3 Å². The normalized spacial score (nSPS) is 11.5. The van der Waals surface area contributed by atoms with Crippen LogP contribution < -0.4 is 5.63 Å². The molecule has 0 aliphatic rings. The van der Waals surface area contributed by atoms with Gasteiger partial charge in [-0.05, 0) is 17.7 Å². The number of benzene rings is 2. The molecule has 0 fully saturated rings. The smallest absolute Gasteiger partial charge is 0.345 e. The van der Waals surface area contributed by atoms with E-state index in [1.165, 1.54) is 6.92 Å². The number of oxime groups is 1. The highest BCUT2D eigenvalue weighted by molar-refractivity contribution is 6.03. The van der Waals surface area contributed by atoms with Gasteiger partial charge in [0.25, 0.3) is 0 Å². The lowest BCUT2D eigenvalue weighted by atomic mass is 10.0. The van der Waals surface area contributed by atoms with E-state index in [1.807, 2.05) is 42.5 Å². The number of hydrogen-bond acceptors (Lipinski definition) is 5. The quantitative estimate of drug-likeness (QED) is 0.320. The Morgan fingerprint density at radius 3 is 2.54 bits per heavy atom. The predicted octanol–water partition coefficient (Wildman–Crippen LogP) is 3.30. The number of carbonyl (C=O) groups is 1. The molecule has 5 heteroatoms. The van der Waals surface area contributed by atoms with Crippen molar-refractivity contribution in [3.05, 3.63) is 82.2 Å². The second kappa shape index (κ2) is 6.91. The molecule has 3 rings (SSSR count). The average Bonchev–Trinajstić information content (AvgIpc) is 2.59. The fourth-order valence-corrected chi connectivity index (χ4v) is 2.35. The van der Waals surface area contributed by atoms with Crippen LogP contribution in [0.1, 0.15) is 18.1 Å². The number of rotatable bonds is 4. The van der Waals surface area contributed by atoms with Gasteiger partial charge in [-0.1, -0.05) is 53.7 Å². The summed E-state index contributed by atoms with van der Waals surface area (Å²) in [6.07, 6.45) is 0.344. The van der Waals surface area contributed by atoms with Gasteiger partial charge < -0.3 is 9.25 Å². The van der Waals surface area contributed by atoms with Crippen molar-refractivity contribution in [2.24, 2.45) is 5.16 Å². The molecule has 0 bridgehead atoms. The highest BCUT2D eigenvalue weighted by atomic mass is 16.7. The molecule has 0 saturated heterocycles. The van der Waals surface area contributed by atoms with Crippen LogP contribution in [0.15, 0.2) is 75.0 Å². The monoisotopic (exact) mass is 321 g/mol. The van der Waals surface area contributed by atoms with Gasteiger partial charge in [0.2, 0.25) is 0 Å². The summed E-state index contributed by atoms with van der Waals surface area (Å²) in [5.74, 6) is -0.550. The minimum atomic E-state index is -0.550. The summed E-state index contributed by atoms with van der Waals surface area (Å²) in [5.41, 5.74) is 1.54. The van der Waals surface area contributed by atoms with Crippen molar-refractivity contribution in [3.8, 4) is 0 Å². The first-order chi connectivity index (χ1) is 11.6. The molecule has 1 aromatic heterocycles. The van der Waals surface area contributed by atoms with Crippen molar-refractivity contribution < 1.29 is 14.0 Å². The topological polar surface area (TPSA) is 68.9 Å². The molecule has 1 heterocycles. The van der Waals surface area contributed by atoms with E-state index in [9.17, 15) is 9.59 Å². The number of nitrogens with zero attached hydrogens (tertiary/aromatic N) is 1. The van der Waals surface area contributed by atoms with Crippen molar-refractivity contribution >= 4 is 22.7 Å². The van der Waals surface area contributed by atoms with E-state index in [1.54, 1.807) is 18.2 Å². The van der Waals surface area contributed by atoms with E-state index in [0.717, 1.165) is 10.9 Å². The molecule has 0 amide bonds. The maximum Gasteiger partial charge on any atom is 0.345 e. The summed E-state index contributed by atoms with van der Waals surface area (Å²) in [6, 6.07) is 18.4. The highest BCUT2D eigenvalue weighted by Crippen LogP contribution is 2.15. The molecule has 24 heavy (non-hydrogen) atoms. The fraction of sp³-hybridized carbons (Fsp3) is 0.105. The van der Waals surface area contributed by atoms with E-state index in [-0.39, 0.29) is 5.56 Å². The zero-order valence-corrected chi connectivity index (χ0v) is 13.1. The van der Waals surface area contributed by atoms with Crippen LogP contribution in [0.2, 0.25) is 0 Å². The zero-order valence-electron chi connectivity index (χ0n) is 13.1. The minimum Gasteiger partial charge on any atom is -0.422 e. The van der Waals surface area contributed by atoms with E-state index in [2.05, 4.69) is 5.16 Å². The molecule has 2 aromatic carbocycles. The van der Waals surface area contributed by atoms with E-state index in [0.29, 0.717) is 17.7 Å². The summed E-state index contributed by atoms with van der Waals surface area (Å²) in [5, 5.41) is 4.64. The lowest BCUT2D eigenvalue weighted by Crippen LogP contribution is -2.17. The van der Waals surface area contributed by atoms with Crippen LogP contribution in [0.25, 0.3) is 11.0 Å². The first-order valence-electron chi connectivity index (χ1n) is 7.45. The third-order valence-electron chi connectivity index (χ3n) is 3.45. The molecule has 3 aromatic rings. The summed E-state index contributed by atoms with van der Waals surface area (Å²) in [7, 11) is 0. The van der Waals surface area contributed by atoms with Gasteiger partial charge in [0.1, 0.15) is 5.58 Å².